The van der Waals surface area contributed by atoms with E-state index >= 15 is 0 Å². The van der Waals surface area contributed by atoms with Crippen LogP contribution in [0.15, 0.2) is 29.5 Å². The molecule has 0 amide bonds. The van der Waals surface area contributed by atoms with Crippen LogP contribution in [0.5, 0.6) is 0 Å². The van der Waals surface area contributed by atoms with Gasteiger partial charge < -0.3 is 14.6 Å². The highest BCUT2D eigenvalue weighted by atomic mass is 15.3. The molecule has 1 aliphatic heterocycles. The third-order valence-corrected chi connectivity index (χ3v) is 4.58. The Labute approximate surface area is 138 Å². The van der Waals surface area contributed by atoms with E-state index < -0.39 is 0 Å². The Morgan fingerprint density at radius 2 is 2.26 bits per heavy atom. The first-order chi connectivity index (χ1) is 11.0. The molecule has 0 aliphatic carbocycles. The third kappa shape index (κ3) is 3.49. The number of aromatic nitrogens is 2. The summed E-state index contributed by atoms with van der Waals surface area (Å²) in [5.41, 5.74) is 3.76. The summed E-state index contributed by atoms with van der Waals surface area (Å²) in [5.74, 6) is 1.01. The minimum absolute atomic E-state index is 0.386. The van der Waals surface area contributed by atoms with Crippen molar-refractivity contribution in [1.82, 2.24) is 19.6 Å². The third-order valence-electron chi connectivity index (χ3n) is 4.58. The summed E-state index contributed by atoms with van der Waals surface area (Å²) in [6, 6.07) is 4.16. The molecule has 3 rings (SSSR count). The number of hydrogen-bond donors (Lipinski definition) is 1. The van der Waals surface area contributed by atoms with Gasteiger partial charge in [-0.1, -0.05) is 19.9 Å². The molecule has 0 unspecified atom stereocenters. The summed E-state index contributed by atoms with van der Waals surface area (Å²) in [6.45, 7) is 9.74. The lowest BCUT2D eigenvalue weighted by molar-refractivity contribution is 0.370. The van der Waals surface area contributed by atoms with Crippen molar-refractivity contribution in [2.45, 2.75) is 33.6 Å². The van der Waals surface area contributed by atoms with Crippen LogP contribution in [0.3, 0.4) is 0 Å². The Balaban J connectivity index is 1.58. The van der Waals surface area contributed by atoms with Crippen molar-refractivity contribution in [3.8, 4) is 0 Å². The Morgan fingerprint density at radius 1 is 1.43 bits per heavy atom. The molecule has 0 bridgehead atoms. The van der Waals surface area contributed by atoms with Crippen molar-refractivity contribution in [1.29, 1.82) is 0 Å². The Hall–Kier alpha value is -2.04. The fourth-order valence-electron chi connectivity index (χ4n) is 3.25. The van der Waals surface area contributed by atoms with Gasteiger partial charge in [0.15, 0.2) is 5.96 Å². The molecule has 5 heteroatoms. The van der Waals surface area contributed by atoms with Crippen LogP contribution in [0, 0.1) is 12.3 Å². The van der Waals surface area contributed by atoms with E-state index in [-0.39, 0.29) is 0 Å². The Morgan fingerprint density at radius 3 is 2.91 bits per heavy atom. The number of aryl methyl sites for hydroxylation is 1. The van der Waals surface area contributed by atoms with E-state index in [9.17, 15) is 0 Å². The maximum absolute atomic E-state index is 4.73. The maximum Gasteiger partial charge on any atom is 0.193 e. The van der Waals surface area contributed by atoms with Crippen molar-refractivity contribution in [2.75, 3.05) is 26.7 Å². The zero-order valence-electron chi connectivity index (χ0n) is 14.6. The number of nitrogens with zero attached hydrogens (tertiary/aromatic N) is 4. The van der Waals surface area contributed by atoms with Crippen molar-refractivity contribution in [3.63, 3.8) is 0 Å². The number of nitrogens with one attached hydrogen (secondary N) is 1. The van der Waals surface area contributed by atoms with Gasteiger partial charge in [-0.05, 0) is 30.4 Å². The number of likely N-dealkylation sites (tertiary alicyclic amines) is 1. The van der Waals surface area contributed by atoms with Gasteiger partial charge in [-0.15, -0.1) is 0 Å². The minimum Gasteiger partial charge on any atom is -0.356 e. The number of fused-ring (bicyclic) bond motifs is 1. The summed E-state index contributed by atoms with van der Waals surface area (Å²) < 4.78 is 2.10. The summed E-state index contributed by atoms with van der Waals surface area (Å²) in [7, 11) is 1.86. The molecule has 3 heterocycles. The lowest BCUT2D eigenvalue weighted by Crippen LogP contribution is -2.41. The van der Waals surface area contributed by atoms with E-state index in [2.05, 4.69) is 64.9 Å². The van der Waals surface area contributed by atoms with Crippen LogP contribution in [0.4, 0.5) is 0 Å². The second-order valence-electron chi connectivity index (χ2n) is 7.21. The topological polar surface area (TPSA) is 44.9 Å². The van der Waals surface area contributed by atoms with Gasteiger partial charge in [0.25, 0.3) is 0 Å². The average Bonchev–Trinajstić information content (AvgIpc) is 3.07. The molecule has 0 radical (unpaired) electrons. The predicted molar refractivity (Wildman–Crippen MR) is 95.0 cm³/mol. The first-order valence-corrected chi connectivity index (χ1v) is 8.37. The van der Waals surface area contributed by atoms with Crippen LogP contribution in [-0.2, 0) is 6.42 Å². The van der Waals surface area contributed by atoms with Crippen LogP contribution in [0.2, 0.25) is 0 Å². The molecule has 124 valence electrons. The molecular weight excluding hydrogens is 286 g/mol. The molecule has 1 saturated heterocycles. The highest BCUT2D eigenvalue weighted by Gasteiger charge is 2.30. The molecule has 0 spiro atoms. The quantitative estimate of drug-likeness (QED) is 0.699. The van der Waals surface area contributed by atoms with Crippen LogP contribution >= 0.6 is 0 Å². The van der Waals surface area contributed by atoms with Gasteiger partial charge in [0.05, 0.1) is 5.69 Å². The van der Waals surface area contributed by atoms with Crippen LogP contribution in [0.1, 0.15) is 31.5 Å². The van der Waals surface area contributed by atoms with Crippen molar-refractivity contribution in [3.05, 3.63) is 35.8 Å². The first kappa shape index (κ1) is 15.8. The normalized spacial score (nSPS) is 17.9. The lowest BCUT2D eigenvalue weighted by atomic mass is 9.93. The van der Waals surface area contributed by atoms with Gasteiger partial charge in [-0.25, -0.2) is 4.98 Å². The van der Waals surface area contributed by atoms with E-state index in [1.165, 1.54) is 12.0 Å². The van der Waals surface area contributed by atoms with Gasteiger partial charge in [-0.2, -0.15) is 0 Å². The van der Waals surface area contributed by atoms with Gasteiger partial charge in [-0.3, -0.25) is 4.99 Å². The molecule has 2 aromatic heterocycles. The SMILES string of the molecule is CN=C(NCCc1cn2cccc(C)c2n1)N1CCC(C)(C)C1. The minimum atomic E-state index is 0.386. The highest BCUT2D eigenvalue weighted by Crippen LogP contribution is 2.28. The first-order valence-electron chi connectivity index (χ1n) is 8.37. The molecule has 2 aromatic rings. The van der Waals surface area contributed by atoms with E-state index in [0.29, 0.717) is 5.41 Å². The van der Waals surface area contributed by atoms with Gasteiger partial charge >= 0.3 is 0 Å². The molecule has 1 N–H and O–H groups in total. The lowest BCUT2D eigenvalue weighted by Gasteiger charge is -2.23. The molecule has 23 heavy (non-hydrogen) atoms. The van der Waals surface area contributed by atoms with Crippen molar-refractivity contribution >= 4 is 11.6 Å². The molecule has 1 aliphatic rings. The van der Waals surface area contributed by atoms with E-state index in [1.807, 2.05) is 7.05 Å². The maximum atomic E-state index is 4.73. The number of hydrogen-bond acceptors (Lipinski definition) is 2. The average molecular weight is 313 g/mol. The highest BCUT2D eigenvalue weighted by molar-refractivity contribution is 5.80. The Kier molecular flexibility index (Phi) is 4.28. The largest absolute Gasteiger partial charge is 0.356 e. The summed E-state index contributed by atoms with van der Waals surface area (Å²) in [4.78, 5) is 11.5. The summed E-state index contributed by atoms with van der Waals surface area (Å²) in [6.07, 6.45) is 6.29. The van der Waals surface area contributed by atoms with Crippen LogP contribution in [-0.4, -0.2) is 46.9 Å². The van der Waals surface area contributed by atoms with Gasteiger partial charge in [0, 0.05) is 45.5 Å². The Bertz CT molecular complexity index is 713. The molecule has 0 atom stereocenters. The monoisotopic (exact) mass is 313 g/mol. The summed E-state index contributed by atoms with van der Waals surface area (Å²) in [5, 5.41) is 3.48. The zero-order chi connectivity index (χ0) is 16.4. The fraction of sp³-hybridized carbons (Fsp3) is 0.556. The number of guanidine groups is 1. The standard InChI is InChI=1S/C18H27N5/c1-14-6-5-10-22-12-15(21-16(14)22)7-9-20-17(19-4)23-11-8-18(2,3)13-23/h5-6,10,12H,7-9,11,13H2,1-4H3,(H,19,20). The summed E-state index contributed by atoms with van der Waals surface area (Å²) >= 11 is 0. The molecule has 0 saturated carbocycles. The van der Waals surface area contributed by atoms with E-state index in [1.54, 1.807) is 0 Å². The molecule has 0 aromatic carbocycles. The predicted octanol–water partition coefficient (Wildman–Crippen LogP) is 2.49. The molecular formula is C18H27N5. The van der Waals surface area contributed by atoms with Crippen molar-refractivity contribution in [2.24, 2.45) is 10.4 Å². The van der Waals surface area contributed by atoms with E-state index in [4.69, 9.17) is 4.98 Å². The molecule has 5 nitrogen and oxygen atoms in total. The number of rotatable bonds is 3. The van der Waals surface area contributed by atoms with Crippen LogP contribution in [0.25, 0.3) is 5.65 Å². The second kappa shape index (κ2) is 6.22. The van der Waals surface area contributed by atoms with Gasteiger partial charge in [0.1, 0.15) is 5.65 Å². The second-order valence-corrected chi connectivity index (χ2v) is 7.21. The number of aliphatic imine (C=N–C) groups is 1. The fourth-order valence-corrected chi connectivity index (χ4v) is 3.25. The molecule has 1 fully saturated rings. The van der Waals surface area contributed by atoms with E-state index in [0.717, 1.165) is 43.4 Å². The zero-order valence-corrected chi connectivity index (χ0v) is 14.6. The van der Waals surface area contributed by atoms with Crippen LogP contribution < -0.4 is 5.32 Å². The smallest absolute Gasteiger partial charge is 0.193 e. The number of pyridine rings is 1. The number of imidazole rings is 1. The van der Waals surface area contributed by atoms with Crippen molar-refractivity contribution < 1.29 is 0 Å². The van der Waals surface area contributed by atoms with Gasteiger partial charge in [0.2, 0.25) is 0 Å².